The maximum atomic E-state index is 9.69. The number of fused-ring (bicyclic) bond motifs is 2. The van der Waals surface area contributed by atoms with E-state index in [1.165, 1.54) is 32.1 Å². The Morgan fingerprint density at radius 2 is 1.54 bits per heavy atom. The molecule has 4 unspecified atom stereocenters. The second-order valence-corrected chi connectivity index (χ2v) is 5.35. The van der Waals surface area contributed by atoms with E-state index in [1.807, 2.05) is 0 Å². The first-order chi connectivity index (χ1) is 6.24. The summed E-state index contributed by atoms with van der Waals surface area (Å²) in [7, 11) is 0. The summed E-state index contributed by atoms with van der Waals surface area (Å²) in [6.07, 6.45) is 9.04. The molecule has 2 aliphatic rings. The van der Waals surface area contributed by atoms with E-state index in [0.29, 0.717) is 0 Å². The van der Waals surface area contributed by atoms with Crippen molar-refractivity contribution < 1.29 is 5.11 Å². The Kier molecular flexibility index (Phi) is 2.92. The highest BCUT2D eigenvalue weighted by Gasteiger charge is 2.28. The molecule has 0 aromatic heterocycles. The number of hydrogen-bond donors (Lipinski definition) is 1. The Hall–Kier alpha value is -0.0400. The van der Waals surface area contributed by atoms with Gasteiger partial charge in [-0.15, -0.1) is 0 Å². The highest BCUT2D eigenvalue weighted by Crippen LogP contribution is 2.38. The molecule has 2 aliphatic carbocycles. The van der Waals surface area contributed by atoms with Crippen LogP contribution < -0.4 is 0 Å². The summed E-state index contributed by atoms with van der Waals surface area (Å²) < 4.78 is 0. The summed E-state index contributed by atoms with van der Waals surface area (Å²) in [5.41, 5.74) is 0. The van der Waals surface area contributed by atoms with Gasteiger partial charge in [-0.1, -0.05) is 19.8 Å². The van der Waals surface area contributed by atoms with E-state index in [1.54, 1.807) is 0 Å². The molecular formula is C12H22O. The van der Waals surface area contributed by atoms with Crippen molar-refractivity contribution in [1.29, 1.82) is 0 Å². The van der Waals surface area contributed by atoms with Gasteiger partial charge in [-0.3, -0.25) is 0 Å². The molecule has 0 aromatic carbocycles. The van der Waals surface area contributed by atoms with E-state index < -0.39 is 0 Å². The van der Waals surface area contributed by atoms with Crippen LogP contribution in [0.25, 0.3) is 0 Å². The van der Waals surface area contributed by atoms with Gasteiger partial charge in [0.1, 0.15) is 0 Å². The molecule has 1 nitrogen and oxygen atoms in total. The Morgan fingerprint density at radius 1 is 0.846 bits per heavy atom. The van der Waals surface area contributed by atoms with Gasteiger partial charge in [-0.25, -0.2) is 0 Å². The molecular weight excluding hydrogens is 160 g/mol. The first-order valence-electron chi connectivity index (χ1n) is 5.92. The number of aliphatic hydroxyl groups is 1. The molecule has 0 heterocycles. The second kappa shape index (κ2) is 4.00. The topological polar surface area (TPSA) is 20.2 Å². The van der Waals surface area contributed by atoms with Gasteiger partial charge >= 0.3 is 0 Å². The average Bonchev–Trinajstić information content (AvgIpc) is 2.34. The van der Waals surface area contributed by atoms with Gasteiger partial charge < -0.3 is 5.11 Å². The standard InChI is InChI=1S/C12H22O/c1-9-2-3-11-7-10(6-9)4-5-12(13)8-11/h9-13H,2-8H2,1H3. The molecule has 2 fully saturated rings. The van der Waals surface area contributed by atoms with Crippen molar-refractivity contribution in [3.8, 4) is 0 Å². The molecule has 2 saturated carbocycles. The molecule has 13 heavy (non-hydrogen) atoms. The van der Waals surface area contributed by atoms with Crippen LogP contribution in [0.15, 0.2) is 0 Å². The fourth-order valence-corrected chi connectivity index (χ4v) is 3.27. The third-order valence-electron chi connectivity index (χ3n) is 3.98. The quantitative estimate of drug-likeness (QED) is 0.610. The summed E-state index contributed by atoms with van der Waals surface area (Å²) in [4.78, 5) is 0. The normalized spacial score (nSPS) is 46.6. The van der Waals surface area contributed by atoms with Crippen molar-refractivity contribution >= 4 is 0 Å². The lowest BCUT2D eigenvalue weighted by atomic mass is 9.91. The minimum atomic E-state index is 0.0170. The zero-order valence-electron chi connectivity index (χ0n) is 8.71. The molecule has 2 bridgehead atoms. The maximum absolute atomic E-state index is 9.69. The summed E-state index contributed by atoms with van der Waals surface area (Å²) in [6.45, 7) is 2.40. The van der Waals surface area contributed by atoms with Crippen LogP contribution in [0.4, 0.5) is 0 Å². The van der Waals surface area contributed by atoms with Gasteiger partial charge in [0.25, 0.3) is 0 Å². The fourth-order valence-electron chi connectivity index (χ4n) is 3.27. The molecule has 4 atom stereocenters. The van der Waals surface area contributed by atoms with Crippen LogP contribution in [0.1, 0.15) is 51.9 Å². The lowest BCUT2D eigenvalue weighted by Crippen LogP contribution is -2.10. The minimum absolute atomic E-state index is 0.0170. The third-order valence-corrected chi connectivity index (χ3v) is 3.98. The predicted molar refractivity (Wildman–Crippen MR) is 54.5 cm³/mol. The van der Waals surface area contributed by atoms with Crippen molar-refractivity contribution in [2.75, 3.05) is 0 Å². The van der Waals surface area contributed by atoms with Crippen molar-refractivity contribution in [2.24, 2.45) is 17.8 Å². The Morgan fingerprint density at radius 3 is 2.38 bits per heavy atom. The molecule has 0 saturated heterocycles. The summed E-state index contributed by atoms with van der Waals surface area (Å²) in [6, 6.07) is 0. The number of hydrogen-bond acceptors (Lipinski definition) is 1. The highest BCUT2D eigenvalue weighted by molar-refractivity contribution is 4.80. The van der Waals surface area contributed by atoms with E-state index in [-0.39, 0.29) is 6.10 Å². The average molecular weight is 182 g/mol. The molecule has 1 heteroatoms. The zero-order valence-corrected chi connectivity index (χ0v) is 8.71. The number of aliphatic hydroxyl groups excluding tert-OH is 1. The Bertz CT molecular complexity index is 149. The van der Waals surface area contributed by atoms with Crippen LogP contribution in [0.2, 0.25) is 0 Å². The van der Waals surface area contributed by atoms with E-state index >= 15 is 0 Å². The molecule has 0 aromatic rings. The van der Waals surface area contributed by atoms with Crippen LogP contribution in [-0.4, -0.2) is 11.2 Å². The van der Waals surface area contributed by atoms with Crippen LogP contribution in [0.5, 0.6) is 0 Å². The second-order valence-electron chi connectivity index (χ2n) is 5.35. The summed E-state index contributed by atoms with van der Waals surface area (Å²) in [5, 5.41) is 9.69. The maximum Gasteiger partial charge on any atom is 0.0543 e. The van der Waals surface area contributed by atoms with E-state index in [9.17, 15) is 5.11 Å². The van der Waals surface area contributed by atoms with Crippen LogP contribution in [0, 0.1) is 17.8 Å². The van der Waals surface area contributed by atoms with E-state index in [2.05, 4.69) is 6.92 Å². The van der Waals surface area contributed by atoms with Gasteiger partial charge in [0.05, 0.1) is 6.10 Å². The van der Waals surface area contributed by atoms with Crippen molar-refractivity contribution in [3.05, 3.63) is 0 Å². The lowest BCUT2D eigenvalue weighted by molar-refractivity contribution is 0.136. The third kappa shape index (κ3) is 2.46. The predicted octanol–water partition coefficient (Wildman–Crippen LogP) is 2.97. The van der Waals surface area contributed by atoms with Crippen LogP contribution >= 0.6 is 0 Å². The van der Waals surface area contributed by atoms with Crippen molar-refractivity contribution in [3.63, 3.8) is 0 Å². The zero-order chi connectivity index (χ0) is 9.26. The highest BCUT2D eigenvalue weighted by atomic mass is 16.3. The van der Waals surface area contributed by atoms with Crippen LogP contribution in [-0.2, 0) is 0 Å². The molecule has 0 amide bonds. The molecule has 0 radical (unpaired) electrons. The van der Waals surface area contributed by atoms with Gasteiger partial charge in [0.15, 0.2) is 0 Å². The monoisotopic (exact) mass is 182 g/mol. The van der Waals surface area contributed by atoms with Crippen LogP contribution in [0.3, 0.4) is 0 Å². The van der Waals surface area contributed by atoms with E-state index in [4.69, 9.17) is 0 Å². The van der Waals surface area contributed by atoms with Gasteiger partial charge in [0, 0.05) is 0 Å². The Balaban J connectivity index is 2.00. The van der Waals surface area contributed by atoms with Gasteiger partial charge in [0.2, 0.25) is 0 Å². The summed E-state index contributed by atoms with van der Waals surface area (Å²) in [5.74, 6) is 2.71. The first kappa shape index (κ1) is 9.51. The SMILES string of the molecule is CC1CCC2CC(O)CCC(C1)C2. The van der Waals surface area contributed by atoms with Crippen molar-refractivity contribution in [2.45, 2.75) is 58.0 Å². The largest absolute Gasteiger partial charge is 0.393 e. The number of rotatable bonds is 0. The Labute approximate surface area is 81.5 Å². The molecule has 2 rings (SSSR count). The van der Waals surface area contributed by atoms with E-state index in [0.717, 1.165) is 30.6 Å². The molecule has 1 N–H and O–H groups in total. The van der Waals surface area contributed by atoms with Crippen molar-refractivity contribution in [1.82, 2.24) is 0 Å². The molecule has 0 spiro atoms. The molecule has 0 aliphatic heterocycles. The van der Waals surface area contributed by atoms with Gasteiger partial charge in [-0.2, -0.15) is 0 Å². The van der Waals surface area contributed by atoms with Gasteiger partial charge in [-0.05, 0) is 49.9 Å². The smallest absolute Gasteiger partial charge is 0.0543 e. The lowest BCUT2D eigenvalue weighted by Gasteiger charge is -2.16. The minimum Gasteiger partial charge on any atom is -0.393 e. The molecule has 76 valence electrons. The fraction of sp³-hybridized carbons (Fsp3) is 1.00. The first-order valence-corrected chi connectivity index (χ1v) is 5.92. The summed E-state index contributed by atoms with van der Waals surface area (Å²) >= 11 is 0.